The fraction of sp³-hybridized carbons (Fsp3) is 0.250. The average molecular weight is 308 g/mol. The number of benzene rings is 1. The van der Waals surface area contributed by atoms with Crippen LogP contribution < -0.4 is 0 Å². The predicted molar refractivity (Wildman–Crippen MR) is 55.0 cm³/mol. The van der Waals surface area contributed by atoms with Gasteiger partial charge < -0.3 is 0 Å². The molecular formula is C8H3ClF5NO2S. The van der Waals surface area contributed by atoms with Crippen LogP contribution in [0.1, 0.15) is 0 Å². The van der Waals surface area contributed by atoms with E-state index in [1.165, 1.54) is 0 Å². The monoisotopic (exact) mass is 307 g/mol. The minimum absolute atomic E-state index is 0.422. The molecule has 0 aliphatic rings. The number of non-ortho nitro benzene ring substituents is 1. The standard InChI is InChI=1S/C8H3ClF5NO2S/c9-5-2-1-4(15(16)17)3-6(5)18-8(13,14)7(10,11)12/h1-3H. The molecule has 0 N–H and O–H groups in total. The topological polar surface area (TPSA) is 43.1 Å². The molecule has 0 spiro atoms. The van der Waals surface area contributed by atoms with Crippen LogP contribution >= 0.6 is 23.4 Å². The lowest BCUT2D eigenvalue weighted by Gasteiger charge is -2.18. The molecule has 18 heavy (non-hydrogen) atoms. The first-order valence-corrected chi connectivity index (χ1v) is 5.31. The smallest absolute Gasteiger partial charge is 0.258 e. The Morgan fingerprint density at radius 2 is 1.78 bits per heavy atom. The Morgan fingerprint density at radius 3 is 2.22 bits per heavy atom. The number of rotatable bonds is 3. The van der Waals surface area contributed by atoms with Crippen LogP contribution in [-0.4, -0.2) is 16.4 Å². The molecule has 0 aliphatic carbocycles. The Bertz CT molecular complexity index is 479. The van der Waals surface area contributed by atoms with Crippen molar-refractivity contribution in [3.8, 4) is 0 Å². The highest BCUT2D eigenvalue weighted by Gasteiger charge is 2.58. The van der Waals surface area contributed by atoms with Crippen molar-refractivity contribution in [2.75, 3.05) is 0 Å². The van der Waals surface area contributed by atoms with Crippen molar-refractivity contribution in [1.82, 2.24) is 0 Å². The Balaban J connectivity index is 3.11. The van der Waals surface area contributed by atoms with Crippen molar-refractivity contribution in [2.45, 2.75) is 16.3 Å². The van der Waals surface area contributed by atoms with E-state index in [2.05, 4.69) is 0 Å². The maximum absolute atomic E-state index is 12.7. The molecule has 3 nitrogen and oxygen atoms in total. The van der Waals surface area contributed by atoms with Gasteiger partial charge in [0.05, 0.1) is 9.95 Å². The van der Waals surface area contributed by atoms with E-state index in [1.807, 2.05) is 0 Å². The number of hydrogen-bond acceptors (Lipinski definition) is 3. The van der Waals surface area contributed by atoms with Gasteiger partial charge in [-0.25, -0.2) is 0 Å². The molecule has 1 rings (SSSR count). The van der Waals surface area contributed by atoms with Crippen molar-refractivity contribution >= 4 is 29.1 Å². The van der Waals surface area contributed by atoms with E-state index in [1.54, 1.807) is 0 Å². The van der Waals surface area contributed by atoms with Gasteiger partial charge in [-0.1, -0.05) is 11.6 Å². The largest absolute Gasteiger partial charge is 0.464 e. The number of nitrogens with zero attached hydrogens (tertiary/aromatic N) is 1. The molecule has 0 heterocycles. The Hall–Kier alpha value is -1.09. The summed E-state index contributed by atoms with van der Waals surface area (Å²) in [5.74, 6) is 0. The molecule has 0 amide bonds. The van der Waals surface area contributed by atoms with Crippen molar-refractivity contribution in [3.63, 3.8) is 0 Å². The van der Waals surface area contributed by atoms with E-state index in [9.17, 15) is 32.1 Å². The summed E-state index contributed by atoms with van der Waals surface area (Å²) in [6.07, 6.45) is -5.77. The van der Waals surface area contributed by atoms with Gasteiger partial charge in [0, 0.05) is 17.0 Å². The minimum Gasteiger partial charge on any atom is -0.258 e. The minimum atomic E-state index is -5.77. The van der Waals surface area contributed by atoms with E-state index >= 15 is 0 Å². The molecule has 0 aromatic heterocycles. The summed E-state index contributed by atoms with van der Waals surface area (Å²) >= 11 is 4.53. The lowest BCUT2D eigenvalue weighted by atomic mass is 10.3. The number of alkyl halides is 5. The van der Waals surface area contributed by atoms with Crippen LogP contribution in [0.2, 0.25) is 5.02 Å². The van der Waals surface area contributed by atoms with Crippen molar-refractivity contribution in [1.29, 1.82) is 0 Å². The highest BCUT2D eigenvalue weighted by molar-refractivity contribution is 8.00. The van der Waals surface area contributed by atoms with Gasteiger partial charge in [-0.3, -0.25) is 10.1 Å². The van der Waals surface area contributed by atoms with Crippen LogP contribution in [0, 0.1) is 10.1 Å². The molecule has 0 fully saturated rings. The maximum Gasteiger partial charge on any atom is 0.464 e. The molecule has 1 aromatic rings. The predicted octanol–water partition coefficient (Wildman–Crippen LogP) is 4.50. The van der Waals surface area contributed by atoms with Crippen LogP contribution in [0.5, 0.6) is 0 Å². The second kappa shape index (κ2) is 4.88. The third-order valence-corrected chi connectivity index (χ3v) is 3.18. The number of halogens is 6. The third kappa shape index (κ3) is 3.22. The molecular weight excluding hydrogens is 305 g/mol. The van der Waals surface area contributed by atoms with Crippen LogP contribution in [0.4, 0.5) is 27.6 Å². The van der Waals surface area contributed by atoms with E-state index in [0.29, 0.717) is 6.07 Å². The van der Waals surface area contributed by atoms with Crippen LogP contribution in [-0.2, 0) is 0 Å². The van der Waals surface area contributed by atoms with Gasteiger partial charge in [0.2, 0.25) is 0 Å². The molecule has 0 radical (unpaired) electrons. The zero-order chi connectivity index (χ0) is 14.1. The molecule has 10 heteroatoms. The number of nitro groups is 1. The third-order valence-electron chi connectivity index (χ3n) is 1.69. The van der Waals surface area contributed by atoms with Gasteiger partial charge >= 0.3 is 11.4 Å². The number of hydrogen-bond donors (Lipinski definition) is 0. The van der Waals surface area contributed by atoms with Gasteiger partial charge in [-0.05, 0) is 17.8 Å². The van der Waals surface area contributed by atoms with Crippen LogP contribution in [0.25, 0.3) is 0 Å². The zero-order valence-electron chi connectivity index (χ0n) is 8.17. The summed E-state index contributed by atoms with van der Waals surface area (Å²) in [4.78, 5) is 8.73. The first kappa shape index (κ1) is 15.0. The van der Waals surface area contributed by atoms with Gasteiger partial charge in [0.25, 0.3) is 5.69 Å². The molecule has 0 saturated carbocycles. The average Bonchev–Trinajstić information content (AvgIpc) is 2.18. The van der Waals surface area contributed by atoms with Crippen molar-refractivity contribution < 1.29 is 26.9 Å². The fourth-order valence-corrected chi connectivity index (χ4v) is 1.85. The SMILES string of the molecule is O=[N+]([O-])c1ccc(Cl)c(SC(F)(F)C(F)(F)F)c1. The van der Waals surface area contributed by atoms with Crippen molar-refractivity contribution in [3.05, 3.63) is 33.3 Å². The van der Waals surface area contributed by atoms with E-state index in [0.717, 1.165) is 12.1 Å². The second-order valence-electron chi connectivity index (χ2n) is 2.99. The van der Waals surface area contributed by atoms with E-state index in [-0.39, 0.29) is 0 Å². The fourth-order valence-electron chi connectivity index (χ4n) is 0.880. The normalized spacial score (nSPS) is 12.6. The highest BCUT2D eigenvalue weighted by atomic mass is 35.5. The van der Waals surface area contributed by atoms with Crippen molar-refractivity contribution in [2.24, 2.45) is 0 Å². The summed E-state index contributed by atoms with van der Waals surface area (Å²) < 4.78 is 61.4. The molecule has 0 unspecified atom stereocenters. The molecule has 1 aromatic carbocycles. The summed E-state index contributed by atoms with van der Waals surface area (Å²) in [6.45, 7) is 0. The second-order valence-corrected chi connectivity index (χ2v) is 4.55. The first-order chi connectivity index (χ1) is 8.04. The molecule has 0 saturated heterocycles. The number of nitro benzene ring substituents is 1. The van der Waals surface area contributed by atoms with Gasteiger partial charge in [-0.2, -0.15) is 22.0 Å². The Labute approximate surface area is 106 Å². The number of thioether (sulfide) groups is 1. The first-order valence-electron chi connectivity index (χ1n) is 4.12. The lowest BCUT2D eigenvalue weighted by Crippen LogP contribution is -2.32. The summed E-state index contributed by atoms with van der Waals surface area (Å²) in [5, 5.41) is 4.87. The van der Waals surface area contributed by atoms with Crippen LogP contribution in [0.3, 0.4) is 0 Å². The molecule has 0 aliphatic heterocycles. The van der Waals surface area contributed by atoms with E-state index in [4.69, 9.17) is 11.6 Å². The summed E-state index contributed by atoms with van der Waals surface area (Å²) in [6, 6.07) is 2.35. The molecule has 0 atom stereocenters. The summed E-state index contributed by atoms with van der Waals surface area (Å²) in [5.41, 5.74) is -0.625. The van der Waals surface area contributed by atoms with E-state index < -0.39 is 43.7 Å². The molecule has 0 bridgehead atoms. The summed E-state index contributed by atoms with van der Waals surface area (Å²) in [7, 11) is 0. The van der Waals surface area contributed by atoms with Crippen LogP contribution in [0.15, 0.2) is 23.1 Å². The van der Waals surface area contributed by atoms with Gasteiger partial charge in [-0.15, -0.1) is 0 Å². The lowest BCUT2D eigenvalue weighted by molar-refractivity contribution is -0.385. The molecule has 100 valence electrons. The Morgan fingerprint density at radius 1 is 1.22 bits per heavy atom. The quantitative estimate of drug-likeness (QED) is 0.357. The Kier molecular flexibility index (Phi) is 4.06. The van der Waals surface area contributed by atoms with Gasteiger partial charge in [0.15, 0.2) is 0 Å². The highest BCUT2D eigenvalue weighted by Crippen LogP contribution is 2.49. The maximum atomic E-state index is 12.7. The zero-order valence-corrected chi connectivity index (χ0v) is 9.74. The van der Waals surface area contributed by atoms with Gasteiger partial charge in [0.1, 0.15) is 0 Å².